The number of para-hydroxylation sites is 3. The largest absolute Gasteiger partial charge is 0.478 e. The minimum absolute atomic E-state index is 0.00301. The predicted octanol–water partition coefficient (Wildman–Crippen LogP) is 2.92. The summed E-state index contributed by atoms with van der Waals surface area (Å²) < 4.78 is 7.30. The van der Waals surface area contributed by atoms with Crippen molar-refractivity contribution in [1.82, 2.24) is 9.55 Å². The Morgan fingerprint density at radius 2 is 2.04 bits per heavy atom. The van der Waals surface area contributed by atoms with Gasteiger partial charge in [0, 0.05) is 12.6 Å². The highest BCUT2D eigenvalue weighted by Crippen LogP contribution is 2.18. The number of aryl methyl sites for hydroxylation is 1. The summed E-state index contributed by atoms with van der Waals surface area (Å²) >= 11 is 0. The van der Waals surface area contributed by atoms with E-state index in [1.807, 2.05) is 60.1 Å². The minimum Gasteiger partial charge on any atom is -0.478 e. The number of nitrogens with one attached hydrogen (secondary N) is 1. The van der Waals surface area contributed by atoms with Crippen molar-refractivity contribution in [3.8, 4) is 11.8 Å². The zero-order valence-corrected chi connectivity index (χ0v) is 12.6. The molecule has 0 amide bonds. The molecule has 0 aliphatic rings. The van der Waals surface area contributed by atoms with Gasteiger partial charge in [0.2, 0.25) is 5.95 Å². The number of hydrazone groups is 1. The summed E-state index contributed by atoms with van der Waals surface area (Å²) in [5.41, 5.74) is 5.66. The predicted molar refractivity (Wildman–Crippen MR) is 89.5 cm³/mol. The Kier molecular flexibility index (Phi) is 4.20. The number of benzene rings is 2. The number of anilines is 1. The highest BCUT2D eigenvalue weighted by molar-refractivity contribution is 5.84. The van der Waals surface area contributed by atoms with Crippen LogP contribution in [-0.2, 0) is 7.05 Å². The summed E-state index contributed by atoms with van der Waals surface area (Å²) in [4.78, 5) is 4.48. The molecule has 3 rings (SSSR count). The zero-order chi connectivity index (χ0) is 16.1. The number of hydrogen-bond donors (Lipinski definition) is 1. The van der Waals surface area contributed by atoms with Crippen molar-refractivity contribution >= 4 is 23.2 Å². The first-order valence-corrected chi connectivity index (χ1v) is 7.09. The number of fused-ring (bicyclic) bond motifs is 1. The fourth-order valence-electron chi connectivity index (χ4n) is 2.23. The van der Waals surface area contributed by atoms with Crippen LogP contribution in [0, 0.1) is 11.3 Å². The first kappa shape index (κ1) is 14.6. The van der Waals surface area contributed by atoms with Gasteiger partial charge in [-0.1, -0.05) is 24.3 Å². The first-order valence-electron chi connectivity index (χ1n) is 7.09. The Hall–Kier alpha value is -3.33. The van der Waals surface area contributed by atoms with E-state index >= 15 is 0 Å². The van der Waals surface area contributed by atoms with E-state index in [2.05, 4.69) is 15.5 Å². The molecule has 0 spiro atoms. The van der Waals surface area contributed by atoms with Crippen molar-refractivity contribution in [3.63, 3.8) is 0 Å². The number of imidazole rings is 1. The number of ether oxygens (including phenoxy) is 1. The van der Waals surface area contributed by atoms with Gasteiger partial charge in [-0.25, -0.2) is 10.4 Å². The molecule has 23 heavy (non-hydrogen) atoms. The lowest BCUT2D eigenvalue weighted by molar-refractivity contribution is 0.367. The third kappa shape index (κ3) is 3.14. The zero-order valence-electron chi connectivity index (χ0n) is 12.6. The van der Waals surface area contributed by atoms with Gasteiger partial charge in [-0.3, -0.25) is 0 Å². The third-order valence-electron chi connectivity index (χ3n) is 3.37. The van der Waals surface area contributed by atoms with Gasteiger partial charge in [0.15, 0.2) is 6.61 Å². The number of aromatic nitrogens is 2. The van der Waals surface area contributed by atoms with Gasteiger partial charge in [0.1, 0.15) is 11.8 Å². The minimum atomic E-state index is 0.00301. The van der Waals surface area contributed by atoms with E-state index in [9.17, 15) is 0 Å². The summed E-state index contributed by atoms with van der Waals surface area (Å²) in [6.07, 6.45) is 1.64. The highest BCUT2D eigenvalue weighted by atomic mass is 16.5. The summed E-state index contributed by atoms with van der Waals surface area (Å²) in [5, 5.41) is 12.8. The molecule has 1 N–H and O–H groups in total. The molecule has 1 aromatic heterocycles. The quantitative estimate of drug-likeness (QED) is 0.581. The SMILES string of the molecule is Cn1c(N/N=C\c2ccccc2OCC#N)nc2ccccc21. The topological polar surface area (TPSA) is 75.2 Å². The molecular formula is C17H15N5O. The molecule has 0 bridgehead atoms. The standard InChI is InChI=1S/C17H15N5O/c1-22-15-8-4-3-7-14(15)20-17(22)21-19-12-13-6-2-5-9-16(13)23-11-10-18/h2-9,12H,11H2,1H3,(H,20,21)/b19-12-. The molecule has 6 nitrogen and oxygen atoms in total. The van der Waals surface area contributed by atoms with Gasteiger partial charge in [-0.2, -0.15) is 10.4 Å². The number of nitriles is 1. The van der Waals surface area contributed by atoms with Crippen molar-refractivity contribution < 1.29 is 4.74 Å². The maximum absolute atomic E-state index is 8.61. The van der Waals surface area contributed by atoms with Crippen molar-refractivity contribution in [2.24, 2.45) is 12.1 Å². The second kappa shape index (κ2) is 6.62. The summed E-state index contributed by atoms with van der Waals surface area (Å²) in [6, 6.07) is 17.2. The van der Waals surface area contributed by atoms with E-state index in [4.69, 9.17) is 10.00 Å². The average Bonchev–Trinajstić information content (AvgIpc) is 2.90. The van der Waals surface area contributed by atoms with Gasteiger partial charge in [0.05, 0.1) is 17.2 Å². The molecule has 2 aromatic carbocycles. The van der Waals surface area contributed by atoms with Crippen LogP contribution in [0.15, 0.2) is 53.6 Å². The molecule has 0 fully saturated rings. The fraction of sp³-hybridized carbons (Fsp3) is 0.118. The molecule has 0 saturated heterocycles. The number of rotatable bonds is 5. The van der Waals surface area contributed by atoms with Gasteiger partial charge < -0.3 is 9.30 Å². The molecule has 0 aliphatic heterocycles. The van der Waals surface area contributed by atoms with Crippen LogP contribution in [0.4, 0.5) is 5.95 Å². The van der Waals surface area contributed by atoms with E-state index in [1.165, 1.54) is 0 Å². The van der Waals surface area contributed by atoms with Crippen molar-refractivity contribution in [1.29, 1.82) is 5.26 Å². The molecule has 0 atom stereocenters. The van der Waals surface area contributed by atoms with Crippen molar-refractivity contribution in [3.05, 3.63) is 54.1 Å². The maximum atomic E-state index is 8.61. The third-order valence-corrected chi connectivity index (χ3v) is 3.37. The molecule has 0 aliphatic carbocycles. The van der Waals surface area contributed by atoms with E-state index < -0.39 is 0 Å². The summed E-state index contributed by atoms with van der Waals surface area (Å²) in [6.45, 7) is 0.00301. The summed E-state index contributed by atoms with van der Waals surface area (Å²) in [5.74, 6) is 1.27. The fourth-order valence-corrected chi connectivity index (χ4v) is 2.23. The average molecular weight is 305 g/mol. The molecule has 114 valence electrons. The molecule has 6 heteroatoms. The van der Waals surface area contributed by atoms with Crippen molar-refractivity contribution in [2.75, 3.05) is 12.0 Å². The molecule has 0 radical (unpaired) electrons. The van der Waals surface area contributed by atoms with E-state index in [-0.39, 0.29) is 6.61 Å². The Labute approximate surface area is 133 Å². The van der Waals surface area contributed by atoms with Gasteiger partial charge in [-0.05, 0) is 24.3 Å². The van der Waals surface area contributed by atoms with Crippen LogP contribution in [0.25, 0.3) is 11.0 Å². The molecule has 1 heterocycles. The van der Waals surface area contributed by atoms with E-state index in [1.54, 1.807) is 12.3 Å². The lowest BCUT2D eigenvalue weighted by atomic mass is 10.2. The monoisotopic (exact) mass is 305 g/mol. The Morgan fingerprint density at radius 3 is 2.87 bits per heavy atom. The highest BCUT2D eigenvalue weighted by Gasteiger charge is 2.05. The summed E-state index contributed by atoms with van der Waals surface area (Å²) in [7, 11) is 1.93. The van der Waals surface area contributed by atoms with Gasteiger partial charge in [-0.15, -0.1) is 0 Å². The normalized spacial score (nSPS) is 10.8. The lowest BCUT2D eigenvalue weighted by Gasteiger charge is -2.05. The lowest BCUT2D eigenvalue weighted by Crippen LogP contribution is -2.00. The smallest absolute Gasteiger partial charge is 0.224 e. The Morgan fingerprint density at radius 1 is 1.26 bits per heavy atom. The van der Waals surface area contributed by atoms with Gasteiger partial charge >= 0.3 is 0 Å². The maximum Gasteiger partial charge on any atom is 0.224 e. The molecule has 3 aromatic rings. The second-order valence-electron chi connectivity index (χ2n) is 4.84. The molecular weight excluding hydrogens is 290 g/mol. The molecule has 0 unspecified atom stereocenters. The van der Waals surface area contributed by atoms with E-state index in [0.29, 0.717) is 11.7 Å². The second-order valence-corrected chi connectivity index (χ2v) is 4.84. The van der Waals surface area contributed by atoms with Gasteiger partial charge in [0.25, 0.3) is 0 Å². The van der Waals surface area contributed by atoms with E-state index in [0.717, 1.165) is 16.6 Å². The van der Waals surface area contributed by atoms with Crippen LogP contribution in [0.1, 0.15) is 5.56 Å². The van der Waals surface area contributed by atoms with Crippen LogP contribution in [0.2, 0.25) is 0 Å². The first-order chi connectivity index (χ1) is 11.3. The van der Waals surface area contributed by atoms with Crippen LogP contribution in [0.3, 0.4) is 0 Å². The van der Waals surface area contributed by atoms with Crippen LogP contribution in [0.5, 0.6) is 5.75 Å². The van der Waals surface area contributed by atoms with Crippen molar-refractivity contribution in [2.45, 2.75) is 0 Å². The number of nitrogens with zero attached hydrogens (tertiary/aromatic N) is 4. The Balaban J connectivity index is 1.78. The number of hydrogen-bond acceptors (Lipinski definition) is 5. The van der Waals surface area contributed by atoms with Crippen LogP contribution < -0.4 is 10.2 Å². The Bertz CT molecular complexity index is 891. The van der Waals surface area contributed by atoms with Crippen LogP contribution >= 0.6 is 0 Å². The molecule has 0 saturated carbocycles. The van der Waals surface area contributed by atoms with Crippen LogP contribution in [-0.4, -0.2) is 22.4 Å².